The van der Waals surface area contributed by atoms with Crippen LogP contribution in [0.1, 0.15) is 62.6 Å². The Balaban J connectivity index is 2.41. The zero-order valence-electron chi connectivity index (χ0n) is 14.6. The minimum atomic E-state index is -4.31. The average Bonchev–Trinajstić information content (AvgIpc) is 2.44. The molecular weight excluding hydrogens is 311 g/mol. The highest BCUT2D eigenvalue weighted by Gasteiger charge is 2.34. The van der Waals surface area contributed by atoms with Gasteiger partial charge < -0.3 is 5.73 Å². The van der Waals surface area contributed by atoms with E-state index in [0.717, 1.165) is 36.8 Å². The maximum absolute atomic E-state index is 12.9. The second kappa shape index (κ2) is 7.04. The highest BCUT2D eigenvalue weighted by molar-refractivity contribution is 5.71. The van der Waals surface area contributed by atoms with Crippen molar-refractivity contribution in [3.8, 4) is 0 Å². The Morgan fingerprint density at radius 1 is 1.29 bits per heavy atom. The summed E-state index contributed by atoms with van der Waals surface area (Å²) in [7, 11) is 0. The number of hydrogen-bond donors (Lipinski definition) is 1. The Bertz CT molecular complexity index is 649. The van der Waals surface area contributed by atoms with Gasteiger partial charge in [0.25, 0.3) is 0 Å². The molecule has 1 fully saturated rings. The lowest BCUT2D eigenvalue weighted by atomic mass is 9.66. The minimum absolute atomic E-state index is 0.230. The number of nitrogens with two attached hydrogens (primary N) is 1. The Morgan fingerprint density at radius 3 is 2.42 bits per heavy atom. The topological polar surface area (TPSA) is 26.0 Å². The van der Waals surface area contributed by atoms with E-state index in [2.05, 4.69) is 6.92 Å². The highest BCUT2D eigenvalue weighted by atomic mass is 19.4. The summed E-state index contributed by atoms with van der Waals surface area (Å²) in [6.07, 6.45) is 4.76. The lowest BCUT2D eigenvalue weighted by molar-refractivity contribution is -0.137. The Labute approximate surface area is 142 Å². The SMILES string of the molecule is CC/C=C(N)/C=C(\CC1(C)CCC1)c1ccc(C(F)(F)F)cc1C. The first-order chi connectivity index (χ1) is 11.1. The number of rotatable bonds is 5. The van der Waals surface area contributed by atoms with E-state index in [1.165, 1.54) is 18.6 Å². The van der Waals surface area contributed by atoms with Crippen molar-refractivity contribution in [2.45, 2.75) is 59.1 Å². The quantitative estimate of drug-likeness (QED) is 0.633. The summed E-state index contributed by atoms with van der Waals surface area (Å²) in [5.41, 5.74) is 8.90. The molecule has 1 nitrogen and oxygen atoms in total. The van der Waals surface area contributed by atoms with Crippen molar-refractivity contribution < 1.29 is 13.2 Å². The third-order valence-electron chi connectivity index (χ3n) is 4.86. The molecule has 1 aliphatic rings. The van der Waals surface area contributed by atoms with Crippen LogP contribution in [0.3, 0.4) is 0 Å². The molecule has 0 spiro atoms. The molecule has 0 aromatic heterocycles. The minimum Gasteiger partial charge on any atom is -0.399 e. The molecule has 0 radical (unpaired) electrons. The van der Waals surface area contributed by atoms with Crippen molar-refractivity contribution in [2.24, 2.45) is 11.1 Å². The lowest BCUT2D eigenvalue weighted by Gasteiger charge is -2.39. The smallest absolute Gasteiger partial charge is 0.399 e. The van der Waals surface area contributed by atoms with Gasteiger partial charge in [0.05, 0.1) is 5.56 Å². The van der Waals surface area contributed by atoms with E-state index >= 15 is 0 Å². The predicted octanol–water partition coefficient (Wildman–Crippen LogP) is 6.23. The molecule has 24 heavy (non-hydrogen) atoms. The molecule has 0 amide bonds. The van der Waals surface area contributed by atoms with Gasteiger partial charge in [0.15, 0.2) is 0 Å². The van der Waals surface area contributed by atoms with Gasteiger partial charge in [0.1, 0.15) is 0 Å². The maximum atomic E-state index is 12.9. The zero-order chi connectivity index (χ0) is 18.0. The molecule has 1 saturated carbocycles. The van der Waals surface area contributed by atoms with Crippen LogP contribution >= 0.6 is 0 Å². The molecule has 2 rings (SSSR count). The van der Waals surface area contributed by atoms with Crippen molar-refractivity contribution in [1.29, 1.82) is 0 Å². The van der Waals surface area contributed by atoms with E-state index in [4.69, 9.17) is 5.73 Å². The molecule has 0 heterocycles. The Kier molecular flexibility index (Phi) is 5.46. The van der Waals surface area contributed by atoms with E-state index in [9.17, 15) is 13.2 Å². The number of alkyl halides is 3. The summed E-state index contributed by atoms with van der Waals surface area (Å²) in [4.78, 5) is 0. The normalized spacial score (nSPS) is 18.4. The molecule has 0 bridgehead atoms. The summed E-state index contributed by atoms with van der Waals surface area (Å²) in [6.45, 7) is 5.99. The first-order valence-corrected chi connectivity index (χ1v) is 8.49. The third-order valence-corrected chi connectivity index (χ3v) is 4.86. The molecular formula is C20H26F3N. The fourth-order valence-electron chi connectivity index (χ4n) is 3.34. The number of aryl methyl sites for hydroxylation is 1. The van der Waals surface area contributed by atoms with Gasteiger partial charge in [-0.3, -0.25) is 0 Å². The third kappa shape index (κ3) is 4.43. The molecule has 0 aliphatic heterocycles. The van der Waals surface area contributed by atoms with Gasteiger partial charge in [-0.1, -0.05) is 32.4 Å². The molecule has 2 N–H and O–H groups in total. The van der Waals surface area contributed by atoms with Gasteiger partial charge in [-0.25, -0.2) is 0 Å². The van der Waals surface area contributed by atoms with Gasteiger partial charge in [0, 0.05) is 5.70 Å². The van der Waals surface area contributed by atoms with Crippen molar-refractivity contribution in [1.82, 2.24) is 0 Å². The number of allylic oxidation sites excluding steroid dienone is 3. The summed E-state index contributed by atoms with van der Waals surface area (Å²) < 4.78 is 38.7. The summed E-state index contributed by atoms with van der Waals surface area (Å²) in [5.74, 6) is 0. The Hall–Kier alpha value is -1.71. The highest BCUT2D eigenvalue weighted by Crippen LogP contribution is 2.47. The summed E-state index contributed by atoms with van der Waals surface area (Å²) in [5, 5.41) is 0. The van der Waals surface area contributed by atoms with Gasteiger partial charge in [-0.2, -0.15) is 13.2 Å². The maximum Gasteiger partial charge on any atom is 0.416 e. The summed E-state index contributed by atoms with van der Waals surface area (Å²) >= 11 is 0. The fourth-order valence-corrected chi connectivity index (χ4v) is 3.34. The van der Waals surface area contributed by atoms with E-state index in [1.54, 1.807) is 13.0 Å². The lowest BCUT2D eigenvalue weighted by Crippen LogP contribution is -2.25. The van der Waals surface area contributed by atoms with E-state index in [1.807, 2.05) is 19.1 Å². The standard InChI is InChI=1S/C20H26F3N/c1-4-6-17(24)12-15(13-19(3)9-5-10-19)18-8-7-16(11-14(18)2)20(21,22)23/h6-8,11-12H,4-5,9-10,13,24H2,1-3H3/b15-12+,17-6-. The van der Waals surface area contributed by atoms with Crippen LogP contribution in [0.15, 0.2) is 36.0 Å². The first kappa shape index (κ1) is 18.6. The van der Waals surface area contributed by atoms with Crippen molar-refractivity contribution >= 4 is 5.57 Å². The van der Waals surface area contributed by atoms with Crippen LogP contribution in [-0.2, 0) is 6.18 Å². The van der Waals surface area contributed by atoms with E-state index < -0.39 is 11.7 Å². The Morgan fingerprint density at radius 2 is 1.96 bits per heavy atom. The van der Waals surface area contributed by atoms with Gasteiger partial charge in [-0.05, 0) is 72.9 Å². The van der Waals surface area contributed by atoms with E-state index in [-0.39, 0.29) is 5.41 Å². The number of halogens is 3. The van der Waals surface area contributed by atoms with Crippen LogP contribution in [0.25, 0.3) is 5.57 Å². The zero-order valence-corrected chi connectivity index (χ0v) is 14.6. The van der Waals surface area contributed by atoms with Crippen LogP contribution in [-0.4, -0.2) is 0 Å². The predicted molar refractivity (Wildman–Crippen MR) is 93.3 cm³/mol. The molecule has 4 heteroatoms. The average molecular weight is 337 g/mol. The van der Waals surface area contributed by atoms with Gasteiger partial charge in [-0.15, -0.1) is 0 Å². The molecule has 1 aliphatic carbocycles. The number of hydrogen-bond acceptors (Lipinski definition) is 1. The van der Waals surface area contributed by atoms with Crippen molar-refractivity contribution in [3.63, 3.8) is 0 Å². The fraction of sp³-hybridized carbons (Fsp3) is 0.500. The monoisotopic (exact) mass is 337 g/mol. The molecule has 0 saturated heterocycles. The second-order valence-electron chi connectivity index (χ2n) is 7.15. The molecule has 1 aromatic carbocycles. The van der Waals surface area contributed by atoms with Crippen molar-refractivity contribution in [2.75, 3.05) is 0 Å². The van der Waals surface area contributed by atoms with Crippen LogP contribution in [0.5, 0.6) is 0 Å². The van der Waals surface area contributed by atoms with Crippen LogP contribution in [0.2, 0.25) is 0 Å². The van der Waals surface area contributed by atoms with E-state index in [0.29, 0.717) is 11.3 Å². The molecule has 132 valence electrons. The van der Waals surface area contributed by atoms with Crippen LogP contribution < -0.4 is 5.73 Å². The van der Waals surface area contributed by atoms with Crippen LogP contribution in [0.4, 0.5) is 13.2 Å². The molecule has 0 atom stereocenters. The second-order valence-corrected chi connectivity index (χ2v) is 7.15. The number of benzene rings is 1. The van der Waals surface area contributed by atoms with Crippen molar-refractivity contribution in [3.05, 3.63) is 52.7 Å². The molecule has 1 aromatic rings. The van der Waals surface area contributed by atoms with Gasteiger partial charge in [0.2, 0.25) is 0 Å². The summed E-state index contributed by atoms with van der Waals surface area (Å²) in [6, 6.07) is 3.98. The van der Waals surface area contributed by atoms with Crippen LogP contribution in [0, 0.1) is 12.3 Å². The van der Waals surface area contributed by atoms with Gasteiger partial charge >= 0.3 is 6.18 Å². The largest absolute Gasteiger partial charge is 0.416 e. The molecule has 0 unspecified atom stereocenters. The first-order valence-electron chi connectivity index (χ1n) is 8.49.